The van der Waals surface area contributed by atoms with Crippen LogP contribution >= 0.6 is 11.6 Å². The molecule has 1 aliphatic carbocycles. The van der Waals surface area contributed by atoms with Gasteiger partial charge in [0, 0.05) is 22.4 Å². The zero-order valence-corrected chi connectivity index (χ0v) is 13.7. The summed E-state index contributed by atoms with van der Waals surface area (Å²) in [6.07, 6.45) is 1.38. The van der Waals surface area contributed by atoms with Crippen LogP contribution in [-0.2, 0) is 6.42 Å². The predicted molar refractivity (Wildman–Crippen MR) is 91.5 cm³/mol. The molecule has 3 nitrogen and oxygen atoms in total. The van der Waals surface area contributed by atoms with Gasteiger partial charge in [0.1, 0.15) is 5.92 Å². The summed E-state index contributed by atoms with van der Waals surface area (Å²) in [5, 5.41) is 19.4. The van der Waals surface area contributed by atoms with Gasteiger partial charge in [-0.15, -0.1) is 0 Å². The van der Waals surface area contributed by atoms with Crippen molar-refractivity contribution in [1.82, 2.24) is 0 Å². The zero-order valence-electron chi connectivity index (χ0n) is 12.9. The minimum atomic E-state index is -0.913. The van der Waals surface area contributed by atoms with Crippen LogP contribution in [0.4, 0.5) is 0 Å². The van der Waals surface area contributed by atoms with Crippen molar-refractivity contribution >= 4 is 17.4 Å². The van der Waals surface area contributed by atoms with Crippen LogP contribution in [0.3, 0.4) is 0 Å². The number of nitrogens with zero attached hydrogens (tertiary/aromatic N) is 2. The first kappa shape index (κ1) is 16.2. The summed E-state index contributed by atoms with van der Waals surface area (Å²) in [6.45, 7) is 0. The molecule has 118 valence electrons. The quantitative estimate of drug-likeness (QED) is 0.828. The summed E-state index contributed by atoms with van der Waals surface area (Å²) in [5.74, 6) is -1.85. The number of hydrogen-bond acceptors (Lipinski definition) is 3. The van der Waals surface area contributed by atoms with E-state index in [1.807, 2.05) is 48.5 Å². The van der Waals surface area contributed by atoms with Crippen LogP contribution in [0.2, 0.25) is 5.02 Å². The number of ketones is 1. The Balaban J connectivity index is 2.08. The molecule has 0 heterocycles. The molecule has 0 N–H and O–H groups in total. The standard InChI is InChI=1S/C20H15ClN2O/c21-18-8-4-3-7-16(18)19(14(11-22)12-23)17-10-9-13-5-1-2-6-15(13)20(17)24/h1-8,14,17,19H,9-10H2. The largest absolute Gasteiger partial charge is 0.294 e. The minimum Gasteiger partial charge on any atom is -0.294 e. The van der Waals surface area contributed by atoms with Crippen molar-refractivity contribution in [3.05, 3.63) is 70.2 Å². The van der Waals surface area contributed by atoms with E-state index in [0.29, 0.717) is 22.6 Å². The molecule has 0 fully saturated rings. The molecule has 0 aliphatic heterocycles. The van der Waals surface area contributed by atoms with E-state index in [-0.39, 0.29) is 5.78 Å². The lowest BCUT2D eigenvalue weighted by Crippen LogP contribution is -2.31. The van der Waals surface area contributed by atoms with Crippen LogP contribution in [-0.4, -0.2) is 5.78 Å². The van der Waals surface area contributed by atoms with Gasteiger partial charge in [-0.05, 0) is 30.0 Å². The monoisotopic (exact) mass is 334 g/mol. The highest BCUT2D eigenvalue weighted by molar-refractivity contribution is 6.31. The van der Waals surface area contributed by atoms with E-state index in [9.17, 15) is 15.3 Å². The van der Waals surface area contributed by atoms with E-state index >= 15 is 0 Å². The lowest BCUT2D eigenvalue weighted by Gasteiger charge is -2.31. The van der Waals surface area contributed by atoms with Gasteiger partial charge >= 0.3 is 0 Å². The summed E-state index contributed by atoms with van der Waals surface area (Å²) < 4.78 is 0. The summed E-state index contributed by atoms with van der Waals surface area (Å²) >= 11 is 6.31. The van der Waals surface area contributed by atoms with Gasteiger partial charge in [0.2, 0.25) is 0 Å². The number of hydrogen-bond donors (Lipinski definition) is 0. The molecule has 0 bridgehead atoms. The van der Waals surface area contributed by atoms with Gasteiger partial charge in [-0.2, -0.15) is 10.5 Å². The number of carbonyl (C=O) groups excluding carboxylic acids is 1. The van der Waals surface area contributed by atoms with Gasteiger partial charge in [-0.3, -0.25) is 4.79 Å². The van der Waals surface area contributed by atoms with Crippen molar-refractivity contribution in [2.24, 2.45) is 11.8 Å². The predicted octanol–water partition coefficient (Wildman–Crippen LogP) is 4.53. The van der Waals surface area contributed by atoms with E-state index in [4.69, 9.17) is 11.6 Å². The number of halogens is 1. The van der Waals surface area contributed by atoms with Crippen LogP contribution in [0.25, 0.3) is 0 Å². The summed E-state index contributed by atoms with van der Waals surface area (Å²) in [4.78, 5) is 13.0. The molecule has 0 aromatic heterocycles. The molecule has 4 heteroatoms. The lowest BCUT2D eigenvalue weighted by atomic mass is 9.69. The Morgan fingerprint density at radius 3 is 2.42 bits per heavy atom. The fourth-order valence-corrected chi connectivity index (χ4v) is 3.79. The summed E-state index contributed by atoms with van der Waals surface area (Å²) in [5.41, 5.74) is 2.42. The van der Waals surface area contributed by atoms with E-state index < -0.39 is 17.8 Å². The SMILES string of the molecule is N#CC(C#N)C(c1ccccc1Cl)C1CCc2ccccc2C1=O. The molecule has 0 amide bonds. The normalized spacial score (nSPS) is 17.7. The molecule has 0 radical (unpaired) electrons. The van der Waals surface area contributed by atoms with Gasteiger partial charge in [-0.25, -0.2) is 0 Å². The number of carbonyl (C=O) groups is 1. The average molecular weight is 335 g/mol. The number of fused-ring (bicyclic) bond motifs is 1. The Hall–Kier alpha value is -2.62. The lowest BCUT2D eigenvalue weighted by molar-refractivity contribution is 0.0872. The molecule has 2 aromatic carbocycles. The topological polar surface area (TPSA) is 64.7 Å². The molecule has 2 aromatic rings. The highest BCUT2D eigenvalue weighted by Crippen LogP contribution is 2.42. The number of nitriles is 2. The second kappa shape index (κ2) is 6.87. The molecule has 2 unspecified atom stereocenters. The van der Waals surface area contributed by atoms with Gasteiger partial charge in [0.15, 0.2) is 5.78 Å². The van der Waals surface area contributed by atoms with E-state index in [1.165, 1.54) is 0 Å². The van der Waals surface area contributed by atoms with Crippen molar-refractivity contribution in [3.63, 3.8) is 0 Å². The van der Waals surface area contributed by atoms with E-state index in [0.717, 1.165) is 12.0 Å². The maximum Gasteiger partial charge on any atom is 0.166 e. The highest BCUT2D eigenvalue weighted by Gasteiger charge is 2.39. The second-order valence-electron chi connectivity index (χ2n) is 5.95. The molecule has 0 spiro atoms. The molecule has 2 atom stereocenters. The third-order valence-corrected chi connectivity index (χ3v) is 5.02. The van der Waals surface area contributed by atoms with Crippen LogP contribution in [0, 0.1) is 34.5 Å². The third-order valence-electron chi connectivity index (χ3n) is 4.68. The Labute approximate surface area is 146 Å². The first-order valence-electron chi connectivity index (χ1n) is 7.83. The average Bonchev–Trinajstić information content (AvgIpc) is 2.62. The van der Waals surface area contributed by atoms with E-state index in [2.05, 4.69) is 0 Å². The molecule has 3 rings (SSSR count). The second-order valence-corrected chi connectivity index (χ2v) is 6.36. The first-order valence-corrected chi connectivity index (χ1v) is 8.21. The van der Waals surface area contributed by atoms with Crippen LogP contribution in [0.5, 0.6) is 0 Å². The first-order chi connectivity index (χ1) is 11.7. The van der Waals surface area contributed by atoms with Crippen LogP contribution in [0.1, 0.15) is 33.8 Å². The number of aryl methyl sites for hydroxylation is 1. The zero-order chi connectivity index (χ0) is 17.1. The van der Waals surface area contributed by atoms with Crippen molar-refractivity contribution in [1.29, 1.82) is 10.5 Å². The maximum atomic E-state index is 13.0. The highest BCUT2D eigenvalue weighted by atomic mass is 35.5. The molecule has 1 aliphatic rings. The molecule has 24 heavy (non-hydrogen) atoms. The van der Waals surface area contributed by atoms with Gasteiger partial charge in [0.25, 0.3) is 0 Å². The number of rotatable bonds is 3. The number of Topliss-reactive ketones (excluding diaryl/α,β-unsaturated/α-hetero) is 1. The Morgan fingerprint density at radius 1 is 1.04 bits per heavy atom. The Bertz CT molecular complexity index is 848. The smallest absolute Gasteiger partial charge is 0.166 e. The summed E-state index contributed by atoms with van der Waals surface area (Å²) in [6, 6.07) is 18.8. The van der Waals surface area contributed by atoms with Crippen molar-refractivity contribution in [2.45, 2.75) is 18.8 Å². The summed E-state index contributed by atoms with van der Waals surface area (Å²) in [7, 11) is 0. The van der Waals surface area contributed by atoms with Gasteiger partial charge in [-0.1, -0.05) is 54.1 Å². The molecule has 0 saturated heterocycles. The van der Waals surface area contributed by atoms with Crippen LogP contribution < -0.4 is 0 Å². The number of benzene rings is 2. The van der Waals surface area contributed by atoms with Crippen molar-refractivity contribution in [2.75, 3.05) is 0 Å². The Kier molecular flexibility index (Phi) is 4.65. The molecular formula is C20H15ClN2O. The van der Waals surface area contributed by atoms with Gasteiger partial charge in [0.05, 0.1) is 12.1 Å². The van der Waals surface area contributed by atoms with Gasteiger partial charge < -0.3 is 0 Å². The minimum absolute atomic E-state index is 0.00253. The third kappa shape index (κ3) is 2.80. The van der Waals surface area contributed by atoms with Crippen molar-refractivity contribution in [3.8, 4) is 12.1 Å². The van der Waals surface area contributed by atoms with E-state index in [1.54, 1.807) is 12.1 Å². The van der Waals surface area contributed by atoms with Crippen molar-refractivity contribution < 1.29 is 4.79 Å². The molecular weight excluding hydrogens is 320 g/mol. The van der Waals surface area contributed by atoms with Crippen LogP contribution in [0.15, 0.2) is 48.5 Å². The fraction of sp³-hybridized carbons (Fsp3) is 0.250. The Morgan fingerprint density at radius 2 is 1.71 bits per heavy atom. The maximum absolute atomic E-state index is 13.0. The molecule has 0 saturated carbocycles. The fourth-order valence-electron chi connectivity index (χ4n) is 3.53.